The van der Waals surface area contributed by atoms with Gasteiger partial charge in [-0.1, -0.05) is 342 Å². The molecule has 6 heteroatoms. The van der Waals surface area contributed by atoms with E-state index in [-0.39, 0.29) is 31.1 Å². The van der Waals surface area contributed by atoms with Gasteiger partial charge in [0.05, 0.1) is 0 Å². The van der Waals surface area contributed by atoms with Crippen LogP contribution in [0.4, 0.5) is 0 Å². The maximum atomic E-state index is 12.8. The van der Waals surface area contributed by atoms with E-state index in [4.69, 9.17) is 14.2 Å². The number of carbonyl (C=O) groups is 3. The average molecular weight is 1000 g/mol. The summed E-state index contributed by atoms with van der Waals surface area (Å²) in [7, 11) is 0. The van der Waals surface area contributed by atoms with Crippen LogP contribution in [0.15, 0.2) is 0 Å². The lowest BCUT2D eigenvalue weighted by Crippen LogP contribution is -2.30. The van der Waals surface area contributed by atoms with Gasteiger partial charge in [-0.3, -0.25) is 14.4 Å². The van der Waals surface area contributed by atoms with Crippen molar-refractivity contribution in [3.05, 3.63) is 0 Å². The molecule has 0 heterocycles. The molecule has 0 saturated carbocycles. The first-order valence-electron chi connectivity index (χ1n) is 32.5. The van der Waals surface area contributed by atoms with E-state index in [0.717, 1.165) is 57.8 Å². The smallest absolute Gasteiger partial charge is 0.306 e. The van der Waals surface area contributed by atoms with Gasteiger partial charge in [-0.2, -0.15) is 0 Å². The molecule has 0 spiro atoms. The Kier molecular flexibility index (Phi) is 59.6. The maximum Gasteiger partial charge on any atom is 0.306 e. The molecule has 0 aliphatic heterocycles. The van der Waals surface area contributed by atoms with Crippen molar-refractivity contribution in [3.8, 4) is 0 Å². The van der Waals surface area contributed by atoms with E-state index >= 15 is 0 Å². The normalized spacial score (nSPS) is 11.9. The quantitative estimate of drug-likeness (QED) is 0.0343. The van der Waals surface area contributed by atoms with Crippen LogP contribution >= 0.6 is 0 Å². The summed E-state index contributed by atoms with van der Waals surface area (Å²) in [5, 5.41) is 0. The molecule has 0 bridgehead atoms. The summed E-state index contributed by atoms with van der Waals surface area (Å²) in [6.07, 6.45) is 70.2. The predicted octanol–water partition coefficient (Wildman–Crippen LogP) is 21.9. The molecule has 0 rings (SSSR count). The Balaban J connectivity index is 3.90. The van der Waals surface area contributed by atoms with Crippen molar-refractivity contribution in [2.75, 3.05) is 13.2 Å². The van der Waals surface area contributed by atoms with E-state index in [0.29, 0.717) is 19.3 Å². The summed E-state index contributed by atoms with van der Waals surface area (Å²) in [6.45, 7) is 6.67. The van der Waals surface area contributed by atoms with E-state index in [1.165, 1.54) is 283 Å². The zero-order valence-electron chi connectivity index (χ0n) is 48.5. The molecule has 0 aromatic rings. The molecule has 0 aromatic carbocycles. The monoisotopic (exact) mass is 1000 g/mol. The number of unbranched alkanes of at least 4 members (excludes halogenated alkanes) is 50. The minimum Gasteiger partial charge on any atom is -0.462 e. The Hall–Kier alpha value is -1.59. The Morgan fingerprint density at radius 1 is 0.225 bits per heavy atom. The first-order chi connectivity index (χ1) is 35.0. The largest absolute Gasteiger partial charge is 0.462 e. The number of esters is 3. The predicted molar refractivity (Wildman–Crippen MR) is 307 cm³/mol. The second-order valence-corrected chi connectivity index (χ2v) is 22.4. The summed E-state index contributed by atoms with van der Waals surface area (Å²) in [6, 6.07) is 0. The standard InChI is InChI=1S/C65H126O6/c1-4-7-10-13-16-18-20-22-24-25-26-27-28-29-30-31-32-33-34-35-36-37-38-39-40-41-43-44-46-49-52-55-58-64(67)70-61-62(60-69-63(66)57-54-51-48-15-12-9-6-3)71-65(68)59-56-53-50-47-45-42-23-21-19-17-14-11-8-5-2/h62H,4-61H2,1-3H3. The van der Waals surface area contributed by atoms with Crippen molar-refractivity contribution >= 4 is 17.9 Å². The topological polar surface area (TPSA) is 78.9 Å². The van der Waals surface area contributed by atoms with Gasteiger partial charge in [-0.05, 0) is 19.3 Å². The fourth-order valence-electron chi connectivity index (χ4n) is 10.2. The molecule has 0 N–H and O–H groups in total. The van der Waals surface area contributed by atoms with Crippen molar-refractivity contribution in [2.45, 2.75) is 386 Å². The molecule has 6 nitrogen and oxygen atoms in total. The van der Waals surface area contributed by atoms with Crippen molar-refractivity contribution in [3.63, 3.8) is 0 Å². The second-order valence-electron chi connectivity index (χ2n) is 22.4. The van der Waals surface area contributed by atoms with Crippen LogP contribution in [0.2, 0.25) is 0 Å². The van der Waals surface area contributed by atoms with Crippen LogP contribution in [0.1, 0.15) is 380 Å². The molecule has 71 heavy (non-hydrogen) atoms. The highest BCUT2D eigenvalue weighted by atomic mass is 16.6. The molecule has 1 atom stereocenters. The minimum absolute atomic E-state index is 0.0619. The number of ether oxygens (including phenoxy) is 3. The fraction of sp³-hybridized carbons (Fsp3) is 0.954. The molecule has 1 unspecified atom stereocenters. The number of rotatable bonds is 61. The lowest BCUT2D eigenvalue weighted by Gasteiger charge is -2.18. The molecule has 0 aliphatic rings. The molecule has 0 aliphatic carbocycles. The van der Waals surface area contributed by atoms with Gasteiger partial charge in [0.1, 0.15) is 13.2 Å². The SMILES string of the molecule is CCCCCCCCCCCCCCCCCCCCCCCCCCCCCCCCCCC(=O)OCC(COC(=O)CCCCCCCCC)OC(=O)CCCCCCCCCCCCCCCC. The molecule has 422 valence electrons. The number of carbonyl (C=O) groups excluding carboxylic acids is 3. The van der Waals surface area contributed by atoms with Gasteiger partial charge in [-0.25, -0.2) is 0 Å². The van der Waals surface area contributed by atoms with Crippen LogP contribution in [-0.4, -0.2) is 37.2 Å². The summed E-state index contributed by atoms with van der Waals surface area (Å²) in [4.78, 5) is 38.0. The van der Waals surface area contributed by atoms with Gasteiger partial charge in [0.25, 0.3) is 0 Å². The summed E-state index contributed by atoms with van der Waals surface area (Å²) < 4.78 is 16.8. The van der Waals surface area contributed by atoms with Crippen LogP contribution in [0.3, 0.4) is 0 Å². The van der Waals surface area contributed by atoms with E-state index in [1.54, 1.807) is 0 Å². The van der Waals surface area contributed by atoms with E-state index < -0.39 is 6.10 Å². The molecular formula is C65H126O6. The highest BCUT2D eigenvalue weighted by Gasteiger charge is 2.19. The number of hydrogen-bond acceptors (Lipinski definition) is 6. The molecule has 0 radical (unpaired) electrons. The summed E-state index contributed by atoms with van der Waals surface area (Å²) >= 11 is 0. The highest BCUT2D eigenvalue weighted by molar-refractivity contribution is 5.71. The Bertz CT molecular complexity index is 1060. The first-order valence-corrected chi connectivity index (χ1v) is 32.5. The van der Waals surface area contributed by atoms with Gasteiger partial charge in [0.15, 0.2) is 6.10 Å². The van der Waals surface area contributed by atoms with Crippen LogP contribution in [0.5, 0.6) is 0 Å². The summed E-state index contributed by atoms with van der Waals surface area (Å²) in [5.41, 5.74) is 0. The van der Waals surface area contributed by atoms with E-state index in [2.05, 4.69) is 20.8 Å². The first kappa shape index (κ1) is 69.4. The van der Waals surface area contributed by atoms with E-state index in [9.17, 15) is 14.4 Å². The van der Waals surface area contributed by atoms with Crippen LogP contribution in [0, 0.1) is 0 Å². The fourth-order valence-corrected chi connectivity index (χ4v) is 10.2. The Morgan fingerprint density at radius 3 is 0.563 bits per heavy atom. The zero-order valence-corrected chi connectivity index (χ0v) is 48.5. The molecule has 0 saturated heterocycles. The van der Waals surface area contributed by atoms with Gasteiger partial charge in [0, 0.05) is 19.3 Å². The third-order valence-corrected chi connectivity index (χ3v) is 15.1. The molecule has 0 aromatic heterocycles. The lowest BCUT2D eigenvalue weighted by atomic mass is 10.0. The van der Waals surface area contributed by atoms with Crippen molar-refractivity contribution < 1.29 is 28.6 Å². The van der Waals surface area contributed by atoms with E-state index in [1.807, 2.05) is 0 Å². The molecule has 0 fully saturated rings. The summed E-state index contributed by atoms with van der Waals surface area (Å²) in [5.74, 6) is -0.841. The third kappa shape index (κ3) is 59.2. The zero-order chi connectivity index (χ0) is 51.4. The van der Waals surface area contributed by atoms with Gasteiger partial charge >= 0.3 is 17.9 Å². The van der Waals surface area contributed by atoms with Crippen LogP contribution in [0.25, 0.3) is 0 Å². The van der Waals surface area contributed by atoms with Gasteiger partial charge in [-0.15, -0.1) is 0 Å². The van der Waals surface area contributed by atoms with Crippen LogP contribution in [-0.2, 0) is 28.6 Å². The maximum absolute atomic E-state index is 12.8. The third-order valence-electron chi connectivity index (χ3n) is 15.1. The average Bonchev–Trinajstić information content (AvgIpc) is 3.37. The Labute approximate surface area is 444 Å². The Morgan fingerprint density at radius 2 is 0.380 bits per heavy atom. The van der Waals surface area contributed by atoms with Crippen molar-refractivity contribution in [1.82, 2.24) is 0 Å². The van der Waals surface area contributed by atoms with Crippen molar-refractivity contribution in [1.29, 1.82) is 0 Å². The number of hydrogen-bond donors (Lipinski definition) is 0. The minimum atomic E-state index is -0.760. The van der Waals surface area contributed by atoms with Gasteiger partial charge < -0.3 is 14.2 Å². The highest BCUT2D eigenvalue weighted by Crippen LogP contribution is 2.19. The molecule has 0 amide bonds. The second kappa shape index (κ2) is 61.0. The van der Waals surface area contributed by atoms with Gasteiger partial charge in [0.2, 0.25) is 0 Å². The van der Waals surface area contributed by atoms with Crippen LogP contribution < -0.4 is 0 Å². The lowest BCUT2D eigenvalue weighted by molar-refractivity contribution is -0.167. The molecular weight excluding hydrogens is 877 g/mol. The van der Waals surface area contributed by atoms with Crippen molar-refractivity contribution in [2.24, 2.45) is 0 Å².